The predicted molar refractivity (Wildman–Crippen MR) is 116 cm³/mol. The summed E-state index contributed by atoms with van der Waals surface area (Å²) < 4.78 is 2.34. The summed E-state index contributed by atoms with van der Waals surface area (Å²) in [4.78, 5) is 6.81. The minimum absolute atomic E-state index is 0. The molecule has 0 saturated carbocycles. The van der Waals surface area contributed by atoms with E-state index in [4.69, 9.17) is 0 Å². The lowest BCUT2D eigenvalue weighted by molar-refractivity contribution is 0.375. The predicted octanol–water partition coefficient (Wildman–Crippen LogP) is 2.68. The van der Waals surface area contributed by atoms with Crippen molar-refractivity contribution in [2.45, 2.75) is 31.4 Å². The van der Waals surface area contributed by atoms with E-state index >= 15 is 0 Å². The van der Waals surface area contributed by atoms with Crippen molar-refractivity contribution in [1.29, 1.82) is 0 Å². The van der Waals surface area contributed by atoms with Crippen molar-refractivity contribution in [3.05, 3.63) is 30.2 Å². The minimum Gasteiger partial charge on any atom is -0.356 e. The molecular weight excluding hydrogens is 447 g/mol. The van der Waals surface area contributed by atoms with E-state index in [9.17, 15) is 0 Å². The first kappa shape index (κ1) is 20.3. The molecule has 1 N–H and O–H groups in total. The monoisotopic (exact) mass is 474 g/mol. The molecular formula is C17H27IN6S. The van der Waals surface area contributed by atoms with Crippen molar-refractivity contribution in [3.8, 4) is 0 Å². The van der Waals surface area contributed by atoms with Crippen LogP contribution in [0.2, 0.25) is 0 Å². The maximum absolute atomic E-state index is 4.45. The number of hydrogen-bond donors (Lipinski definition) is 1. The Kier molecular flexibility index (Phi) is 7.36. The third-order valence-corrected chi connectivity index (χ3v) is 5.48. The molecule has 6 nitrogen and oxygen atoms in total. The fraction of sp³-hybridized carbons (Fsp3) is 0.588. The van der Waals surface area contributed by atoms with E-state index in [1.54, 1.807) is 0 Å². The molecule has 0 aromatic carbocycles. The van der Waals surface area contributed by atoms with E-state index in [0.29, 0.717) is 0 Å². The molecule has 0 aliphatic carbocycles. The van der Waals surface area contributed by atoms with Gasteiger partial charge in [0.2, 0.25) is 0 Å². The summed E-state index contributed by atoms with van der Waals surface area (Å²) in [6.07, 6.45) is 3.92. The quantitative estimate of drug-likeness (QED) is 0.320. The zero-order valence-electron chi connectivity index (χ0n) is 15.1. The smallest absolute Gasteiger partial charge is 0.193 e. The number of aliphatic imine (C=N–C) groups is 1. The largest absolute Gasteiger partial charge is 0.356 e. The molecule has 3 heterocycles. The Morgan fingerprint density at radius 3 is 2.96 bits per heavy atom. The van der Waals surface area contributed by atoms with Crippen LogP contribution in [0.5, 0.6) is 0 Å². The van der Waals surface area contributed by atoms with Crippen LogP contribution in [0.25, 0.3) is 5.65 Å². The molecule has 0 atom stereocenters. The summed E-state index contributed by atoms with van der Waals surface area (Å²) in [5.41, 5.74) is 0.907. The number of rotatable bonds is 4. The molecule has 2 aromatic rings. The molecule has 8 heteroatoms. The first-order valence-electron chi connectivity index (χ1n) is 8.47. The normalized spacial score (nSPS) is 17.4. The third kappa shape index (κ3) is 5.22. The van der Waals surface area contributed by atoms with Crippen molar-refractivity contribution >= 4 is 47.3 Å². The molecule has 25 heavy (non-hydrogen) atoms. The van der Waals surface area contributed by atoms with Gasteiger partial charge in [-0.25, -0.2) is 0 Å². The molecule has 138 valence electrons. The summed E-state index contributed by atoms with van der Waals surface area (Å²) in [6, 6.07) is 5.97. The molecule has 0 radical (unpaired) electrons. The lowest BCUT2D eigenvalue weighted by atomic mass is 10.2. The standard InChI is InChI=1S/C17H26N6S.HI/c1-17(2)13-22(11-12-24-17)16(18-3)19-9-6-8-15-21-20-14-7-4-5-10-23(14)15;/h4-5,7,10H,6,8-9,11-13H2,1-3H3,(H,18,19);1H. The fourth-order valence-electron chi connectivity index (χ4n) is 3.04. The van der Waals surface area contributed by atoms with Gasteiger partial charge in [0, 0.05) is 49.8 Å². The Balaban J connectivity index is 0.00000225. The number of nitrogens with one attached hydrogen (secondary N) is 1. The minimum atomic E-state index is 0. The van der Waals surface area contributed by atoms with Gasteiger partial charge in [-0.15, -0.1) is 34.2 Å². The van der Waals surface area contributed by atoms with Gasteiger partial charge in [-0.1, -0.05) is 6.07 Å². The van der Waals surface area contributed by atoms with Crippen LogP contribution in [0.4, 0.5) is 0 Å². The molecule has 0 unspecified atom stereocenters. The van der Waals surface area contributed by atoms with Crippen LogP contribution in [0.1, 0.15) is 26.1 Å². The van der Waals surface area contributed by atoms with Crippen molar-refractivity contribution in [2.24, 2.45) is 4.99 Å². The zero-order chi connectivity index (χ0) is 17.0. The number of hydrogen-bond acceptors (Lipinski definition) is 4. The van der Waals surface area contributed by atoms with Crippen LogP contribution < -0.4 is 5.32 Å². The second-order valence-electron chi connectivity index (χ2n) is 6.65. The zero-order valence-corrected chi connectivity index (χ0v) is 18.3. The average molecular weight is 474 g/mol. The van der Waals surface area contributed by atoms with E-state index in [2.05, 4.69) is 43.7 Å². The molecule has 3 rings (SSSR count). The first-order valence-corrected chi connectivity index (χ1v) is 9.46. The van der Waals surface area contributed by atoms with Crippen molar-refractivity contribution in [2.75, 3.05) is 32.4 Å². The van der Waals surface area contributed by atoms with Gasteiger partial charge in [0.15, 0.2) is 11.6 Å². The van der Waals surface area contributed by atoms with Gasteiger partial charge in [0.25, 0.3) is 0 Å². The summed E-state index contributed by atoms with van der Waals surface area (Å²) in [5, 5.41) is 12.0. The van der Waals surface area contributed by atoms with Gasteiger partial charge in [-0.3, -0.25) is 9.39 Å². The fourth-order valence-corrected chi connectivity index (χ4v) is 4.15. The SMILES string of the molecule is CN=C(NCCCc1nnc2ccccn12)N1CCSC(C)(C)C1.I. The molecule has 1 saturated heterocycles. The van der Waals surface area contributed by atoms with Crippen LogP contribution in [0, 0.1) is 0 Å². The number of nitrogens with zero attached hydrogens (tertiary/aromatic N) is 5. The van der Waals surface area contributed by atoms with Crippen LogP contribution in [-0.2, 0) is 6.42 Å². The number of thioether (sulfide) groups is 1. The average Bonchev–Trinajstić information content (AvgIpc) is 2.97. The van der Waals surface area contributed by atoms with Crippen molar-refractivity contribution in [1.82, 2.24) is 24.8 Å². The van der Waals surface area contributed by atoms with Gasteiger partial charge in [0.05, 0.1) is 0 Å². The summed E-state index contributed by atoms with van der Waals surface area (Å²) in [5.74, 6) is 3.17. The van der Waals surface area contributed by atoms with Gasteiger partial charge in [0.1, 0.15) is 5.82 Å². The van der Waals surface area contributed by atoms with Crippen molar-refractivity contribution in [3.63, 3.8) is 0 Å². The number of halogens is 1. The molecule has 1 aliphatic heterocycles. The maximum Gasteiger partial charge on any atom is 0.193 e. The lowest BCUT2D eigenvalue weighted by Gasteiger charge is -2.39. The van der Waals surface area contributed by atoms with E-state index in [-0.39, 0.29) is 28.7 Å². The number of aromatic nitrogens is 3. The molecule has 0 bridgehead atoms. The molecule has 1 fully saturated rings. The number of pyridine rings is 1. The van der Waals surface area contributed by atoms with E-state index < -0.39 is 0 Å². The van der Waals surface area contributed by atoms with Crippen LogP contribution in [-0.4, -0.2) is 62.6 Å². The summed E-state index contributed by atoms with van der Waals surface area (Å²) >= 11 is 2.04. The lowest BCUT2D eigenvalue weighted by Crippen LogP contribution is -2.51. The van der Waals surface area contributed by atoms with Crippen LogP contribution in [0.3, 0.4) is 0 Å². The highest BCUT2D eigenvalue weighted by Crippen LogP contribution is 2.29. The van der Waals surface area contributed by atoms with Gasteiger partial charge < -0.3 is 10.2 Å². The Labute approximate surface area is 170 Å². The second-order valence-corrected chi connectivity index (χ2v) is 8.45. The van der Waals surface area contributed by atoms with Gasteiger partial charge in [-0.05, 0) is 32.4 Å². The summed E-state index contributed by atoms with van der Waals surface area (Å²) in [6.45, 7) is 7.58. The van der Waals surface area contributed by atoms with Gasteiger partial charge >= 0.3 is 0 Å². The Bertz CT molecular complexity index is 714. The summed E-state index contributed by atoms with van der Waals surface area (Å²) in [7, 11) is 1.86. The second kappa shape index (κ2) is 9.07. The first-order chi connectivity index (χ1) is 11.6. The Morgan fingerprint density at radius 1 is 1.36 bits per heavy atom. The van der Waals surface area contributed by atoms with Gasteiger partial charge in [-0.2, -0.15) is 11.8 Å². The third-order valence-electron chi connectivity index (χ3n) is 4.18. The highest BCUT2D eigenvalue weighted by atomic mass is 127. The molecule has 2 aromatic heterocycles. The highest BCUT2D eigenvalue weighted by molar-refractivity contribution is 14.0. The van der Waals surface area contributed by atoms with Crippen molar-refractivity contribution < 1.29 is 0 Å². The number of guanidine groups is 1. The molecule has 1 aliphatic rings. The molecule has 0 spiro atoms. The Hall–Kier alpha value is -1.03. The maximum atomic E-state index is 4.45. The van der Waals surface area contributed by atoms with Crippen LogP contribution in [0.15, 0.2) is 29.4 Å². The molecule has 0 amide bonds. The highest BCUT2D eigenvalue weighted by Gasteiger charge is 2.28. The topological polar surface area (TPSA) is 57.8 Å². The number of fused-ring (bicyclic) bond motifs is 1. The Morgan fingerprint density at radius 2 is 2.20 bits per heavy atom. The number of aryl methyl sites for hydroxylation is 1. The van der Waals surface area contributed by atoms with E-state index in [0.717, 1.165) is 55.7 Å². The van der Waals surface area contributed by atoms with E-state index in [1.165, 1.54) is 0 Å². The van der Waals surface area contributed by atoms with Crippen LogP contribution >= 0.6 is 35.7 Å². The van der Waals surface area contributed by atoms with E-state index in [1.807, 2.05) is 43.2 Å².